The summed E-state index contributed by atoms with van der Waals surface area (Å²) in [6.07, 6.45) is 1.68. The molecule has 168 valence electrons. The van der Waals surface area contributed by atoms with Gasteiger partial charge in [0.25, 0.3) is 5.56 Å². The van der Waals surface area contributed by atoms with E-state index >= 15 is 0 Å². The molecule has 0 fully saturated rings. The molecule has 0 bridgehead atoms. The summed E-state index contributed by atoms with van der Waals surface area (Å²) in [6.45, 7) is 8.11. The Labute approximate surface area is 201 Å². The molecule has 0 N–H and O–H groups in total. The highest BCUT2D eigenvalue weighted by molar-refractivity contribution is 7.99. The van der Waals surface area contributed by atoms with Gasteiger partial charge in [0, 0.05) is 29.2 Å². The first-order valence-corrected chi connectivity index (χ1v) is 12.6. The van der Waals surface area contributed by atoms with Crippen molar-refractivity contribution in [3.63, 3.8) is 0 Å². The van der Waals surface area contributed by atoms with E-state index in [1.807, 2.05) is 79.9 Å². The standard InChI is InChI=1S/C26H25N3O2S2/c1-4-15-28-25(31)23-21(19-11-7-5-8-12-19)16-32-24(23)27-26(28)33-17-22(30)29(18(2)3)20-13-9-6-10-14-20/h4-14,16,18H,1,15,17H2,2-3H3. The Hall–Kier alpha value is -3.16. The van der Waals surface area contributed by atoms with Gasteiger partial charge in [0.2, 0.25) is 5.91 Å². The highest BCUT2D eigenvalue weighted by Gasteiger charge is 2.21. The third-order valence-corrected chi connectivity index (χ3v) is 7.03. The van der Waals surface area contributed by atoms with Gasteiger partial charge in [-0.1, -0.05) is 66.4 Å². The van der Waals surface area contributed by atoms with E-state index in [9.17, 15) is 9.59 Å². The molecule has 0 aliphatic heterocycles. The number of carbonyl (C=O) groups is 1. The van der Waals surface area contributed by atoms with Gasteiger partial charge in [-0.25, -0.2) is 4.98 Å². The van der Waals surface area contributed by atoms with Crippen LogP contribution in [-0.4, -0.2) is 27.3 Å². The fraction of sp³-hybridized carbons (Fsp3) is 0.192. The number of thioether (sulfide) groups is 1. The molecule has 0 atom stereocenters. The van der Waals surface area contributed by atoms with Crippen LogP contribution in [0.4, 0.5) is 5.69 Å². The Bertz CT molecular complexity index is 1330. The number of thiophene rings is 1. The Morgan fingerprint density at radius 1 is 1.15 bits per heavy atom. The van der Waals surface area contributed by atoms with Crippen molar-refractivity contribution >= 4 is 44.9 Å². The fourth-order valence-electron chi connectivity index (χ4n) is 3.75. The number of fused-ring (bicyclic) bond motifs is 1. The van der Waals surface area contributed by atoms with Crippen molar-refractivity contribution in [1.82, 2.24) is 9.55 Å². The van der Waals surface area contributed by atoms with Crippen LogP contribution in [0.25, 0.3) is 21.3 Å². The summed E-state index contributed by atoms with van der Waals surface area (Å²) in [5.74, 6) is 0.149. The molecule has 2 aromatic carbocycles. The number of carbonyl (C=O) groups excluding carboxylic acids is 1. The lowest BCUT2D eigenvalue weighted by molar-refractivity contribution is -0.116. The summed E-state index contributed by atoms with van der Waals surface area (Å²) in [5, 5.41) is 3.11. The van der Waals surface area contributed by atoms with Crippen LogP contribution >= 0.6 is 23.1 Å². The van der Waals surface area contributed by atoms with Gasteiger partial charge < -0.3 is 4.90 Å². The minimum absolute atomic E-state index is 0.0111. The first kappa shape index (κ1) is 23.0. The first-order valence-electron chi connectivity index (χ1n) is 10.7. The van der Waals surface area contributed by atoms with Gasteiger partial charge in [-0.2, -0.15) is 0 Å². The summed E-state index contributed by atoms with van der Waals surface area (Å²) < 4.78 is 1.61. The zero-order valence-electron chi connectivity index (χ0n) is 18.6. The van der Waals surface area contributed by atoms with Crippen LogP contribution in [0, 0.1) is 0 Å². The Morgan fingerprint density at radius 3 is 2.45 bits per heavy atom. The second-order valence-corrected chi connectivity index (χ2v) is 9.58. The van der Waals surface area contributed by atoms with Gasteiger partial charge in [-0.15, -0.1) is 17.9 Å². The average molecular weight is 476 g/mol. The molecule has 5 nitrogen and oxygen atoms in total. The summed E-state index contributed by atoms with van der Waals surface area (Å²) >= 11 is 2.74. The van der Waals surface area contributed by atoms with Gasteiger partial charge in [0.1, 0.15) is 4.83 Å². The van der Waals surface area contributed by atoms with E-state index in [1.54, 1.807) is 15.5 Å². The van der Waals surface area contributed by atoms with E-state index in [0.29, 0.717) is 21.9 Å². The van der Waals surface area contributed by atoms with Crippen molar-refractivity contribution in [3.05, 3.63) is 89.1 Å². The highest BCUT2D eigenvalue weighted by atomic mass is 32.2. The summed E-state index contributed by atoms with van der Waals surface area (Å²) in [6, 6.07) is 19.5. The Balaban J connectivity index is 1.68. The third-order valence-electron chi connectivity index (χ3n) is 5.20. The molecule has 0 saturated carbocycles. The number of nitrogens with zero attached hydrogens (tertiary/aromatic N) is 3. The summed E-state index contributed by atoms with van der Waals surface area (Å²) in [4.78, 5) is 33.8. The average Bonchev–Trinajstić information content (AvgIpc) is 3.25. The molecule has 0 radical (unpaired) electrons. The molecule has 1 amide bonds. The van der Waals surface area contributed by atoms with Crippen molar-refractivity contribution in [2.24, 2.45) is 0 Å². The lowest BCUT2D eigenvalue weighted by Gasteiger charge is -2.26. The van der Waals surface area contributed by atoms with Crippen LogP contribution in [-0.2, 0) is 11.3 Å². The smallest absolute Gasteiger partial charge is 0.263 e. The molecular weight excluding hydrogens is 450 g/mol. The zero-order valence-corrected chi connectivity index (χ0v) is 20.2. The molecule has 0 saturated heterocycles. The van der Waals surface area contributed by atoms with Crippen LogP contribution in [0.1, 0.15) is 13.8 Å². The second-order valence-electron chi connectivity index (χ2n) is 7.78. The van der Waals surface area contributed by atoms with E-state index in [4.69, 9.17) is 4.98 Å². The van der Waals surface area contributed by atoms with E-state index < -0.39 is 0 Å². The van der Waals surface area contributed by atoms with Gasteiger partial charge in [0.15, 0.2) is 5.16 Å². The fourth-order valence-corrected chi connectivity index (χ4v) is 5.61. The number of allylic oxidation sites excluding steroid dienone is 1. The highest BCUT2D eigenvalue weighted by Crippen LogP contribution is 2.32. The number of benzene rings is 2. The molecule has 0 aliphatic carbocycles. The normalized spacial score (nSPS) is 11.1. The van der Waals surface area contributed by atoms with Crippen molar-refractivity contribution in [2.45, 2.75) is 31.6 Å². The predicted molar refractivity (Wildman–Crippen MR) is 139 cm³/mol. The van der Waals surface area contributed by atoms with E-state index in [2.05, 4.69) is 6.58 Å². The summed E-state index contributed by atoms with van der Waals surface area (Å²) in [7, 11) is 0. The predicted octanol–water partition coefficient (Wildman–Crippen LogP) is 5.84. The monoisotopic (exact) mass is 475 g/mol. The van der Waals surface area contributed by atoms with Gasteiger partial charge in [-0.05, 0) is 31.5 Å². The molecule has 33 heavy (non-hydrogen) atoms. The maximum absolute atomic E-state index is 13.5. The maximum Gasteiger partial charge on any atom is 0.263 e. The lowest BCUT2D eigenvalue weighted by Crippen LogP contribution is -2.38. The molecule has 2 heterocycles. The quantitative estimate of drug-likeness (QED) is 0.182. The SMILES string of the molecule is C=CCn1c(SCC(=O)N(c2ccccc2)C(C)C)nc2scc(-c3ccccc3)c2c1=O. The van der Waals surface area contributed by atoms with E-state index in [-0.39, 0.29) is 23.3 Å². The number of rotatable bonds is 8. The van der Waals surface area contributed by atoms with Crippen molar-refractivity contribution in [3.8, 4) is 11.1 Å². The Kier molecular flexibility index (Phi) is 7.11. The molecule has 4 aromatic rings. The van der Waals surface area contributed by atoms with Crippen molar-refractivity contribution in [1.29, 1.82) is 0 Å². The maximum atomic E-state index is 13.5. The first-order chi connectivity index (χ1) is 16.0. The minimum Gasteiger partial charge on any atom is -0.309 e. The van der Waals surface area contributed by atoms with Gasteiger partial charge in [-0.3, -0.25) is 14.2 Å². The van der Waals surface area contributed by atoms with E-state index in [1.165, 1.54) is 23.1 Å². The zero-order chi connectivity index (χ0) is 23.4. The second kappa shape index (κ2) is 10.2. The number of hydrogen-bond donors (Lipinski definition) is 0. The number of anilines is 1. The molecule has 2 aromatic heterocycles. The van der Waals surface area contributed by atoms with Gasteiger partial charge in [0.05, 0.1) is 11.1 Å². The Morgan fingerprint density at radius 2 is 1.82 bits per heavy atom. The van der Waals surface area contributed by atoms with Gasteiger partial charge >= 0.3 is 0 Å². The third kappa shape index (κ3) is 4.79. The number of para-hydroxylation sites is 1. The van der Waals surface area contributed by atoms with Crippen LogP contribution in [0.5, 0.6) is 0 Å². The minimum atomic E-state index is -0.112. The molecule has 7 heteroatoms. The van der Waals surface area contributed by atoms with E-state index in [0.717, 1.165) is 16.8 Å². The van der Waals surface area contributed by atoms with Crippen LogP contribution in [0.2, 0.25) is 0 Å². The van der Waals surface area contributed by atoms with Crippen LogP contribution in [0.3, 0.4) is 0 Å². The molecule has 0 unspecified atom stereocenters. The number of amides is 1. The molecule has 0 spiro atoms. The number of aromatic nitrogens is 2. The van der Waals surface area contributed by atoms with Crippen molar-refractivity contribution < 1.29 is 4.79 Å². The topological polar surface area (TPSA) is 55.2 Å². The number of hydrogen-bond acceptors (Lipinski definition) is 5. The lowest BCUT2D eigenvalue weighted by atomic mass is 10.1. The van der Waals surface area contributed by atoms with Crippen molar-refractivity contribution in [2.75, 3.05) is 10.7 Å². The molecule has 0 aliphatic rings. The molecular formula is C26H25N3O2S2. The van der Waals surface area contributed by atoms with Crippen LogP contribution in [0.15, 0.2) is 88.6 Å². The molecule has 4 rings (SSSR count). The summed E-state index contributed by atoms with van der Waals surface area (Å²) in [5.41, 5.74) is 2.61. The largest absolute Gasteiger partial charge is 0.309 e. The van der Waals surface area contributed by atoms with Crippen LogP contribution < -0.4 is 10.5 Å².